The van der Waals surface area contributed by atoms with Gasteiger partial charge in [0.05, 0.1) is 18.9 Å². The van der Waals surface area contributed by atoms with Crippen molar-refractivity contribution >= 4 is 12.1 Å². The molecule has 1 amide bonds. The molecule has 1 N–H and O–H groups in total. The van der Waals surface area contributed by atoms with Gasteiger partial charge in [-0.3, -0.25) is 4.79 Å². The van der Waals surface area contributed by atoms with Crippen molar-refractivity contribution in [1.82, 2.24) is 5.43 Å². The number of carbonyl (C=O) groups is 1. The second-order valence-electron chi connectivity index (χ2n) is 4.55. The minimum Gasteiger partial charge on any atom is -0.497 e. The van der Waals surface area contributed by atoms with E-state index < -0.39 is 17.6 Å². The highest BCUT2D eigenvalue weighted by Gasteiger charge is 2.30. The third-order valence-corrected chi connectivity index (χ3v) is 2.93. The molecule has 0 bridgehead atoms. The van der Waals surface area contributed by atoms with Crippen LogP contribution >= 0.6 is 0 Å². The first-order chi connectivity index (χ1) is 10.9. The molecule has 23 heavy (non-hydrogen) atoms. The number of halogens is 3. The number of methoxy groups -OCH3 is 1. The lowest BCUT2D eigenvalue weighted by molar-refractivity contribution is -0.137. The van der Waals surface area contributed by atoms with Crippen molar-refractivity contribution in [3.8, 4) is 5.75 Å². The Morgan fingerprint density at radius 2 is 1.91 bits per heavy atom. The van der Waals surface area contributed by atoms with E-state index in [-0.39, 0.29) is 5.56 Å². The van der Waals surface area contributed by atoms with E-state index in [0.29, 0.717) is 11.3 Å². The molecule has 0 radical (unpaired) electrons. The summed E-state index contributed by atoms with van der Waals surface area (Å²) in [6, 6.07) is 11.1. The van der Waals surface area contributed by atoms with Crippen LogP contribution in [0.5, 0.6) is 5.75 Å². The quantitative estimate of drug-likeness (QED) is 0.692. The molecule has 0 spiro atoms. The van der Waals surface area contributed by atoms with Crippen LogP contribution in [0.3, 0.4) is 0 Å². The number of ether oxygens (including phenoxy) is 1. The van der Waals surface area contributed by atoms with Crippen LogP contribution in [0.2, 0.25) is 0 Å². The van der Waals surface area contributed by atoms with E-state index in [1.165, 1.54) is 25.3 Å². The van der Waals surface area contributed by atoms with Crippen LogP contribution in [-0.2, 0) is 6.18 Å². The highest BCUT2D eigenvalue weighted by molar-refractivity contribution is 5.95. The summed E-state index contributed by atoms with van der Waals surface area (Å²) < 4.78 is 42.8. The smallest absolute Gasteiger partial charge is 0.416 e. The van der Waals surface area contributed by atoms with E-state index in [0.717, 1.165) is 18.3 Å². The van der Waals surface area contributed by atoms with Crippen LogP contribution in [0.1, 0.15) is 21.5 Å². The zero-order valence-corrected chi connectivity index (χ0v) is 12.1. The lowest BCUT2D eigenvalue weighted by Gasteiger charge is -2.06. The number of carbonyl (C=O) groups excluding carboxylic acids is 1. The molecule has 0 unspecified atom stereocenters. The maximum absolute atomic E-state index is 12.6. The standard InChI is InChI=1S/C16H13F3N2O2/c1-23-14-7-3-5-12(9-14)15(22)21-20-10-11-4-2-6-13(8-11)16(17,18)19/h2-10H,1H3,(H,21,22)/b20-10+. The highest BCUT2D eigenvalue weighted by Crippen LogP contribution is 2.29. The molecule has 0 atom stereocenters. The van der Waals surface area contributed by atoms with Crippen molar-refractivity contribution in [3.05, 3.63) is 65.2 Å². The summed E-state index contributed by atoms with van der Waals surface area (Å²) in [7, 11) is 1.48. The highest BCUT2D eigenvalue weighted by atomic mass is 19.4. The van der Waals surface area contributed by atoms with Crippen molar-refractivity contribution in [2.75, 3.05) is 7.11 Å². The number of rotatable bonds is 4. The van der Waals surface area contributed by atoms with Crippen LogP contribution in [0, 0.1) is 0 Å². The molecule has 7 heteroatoms. The van der Waals surface area contributed by atoms with E-state index in [9.17, 15) is 18.0 Å². The number of amides is 1. The number of hydrogen-bond acceptors (Lipinski definition) is 3. The second kappa shape index (κ2) is 6.95. The maximum Gasteiger partial charge on any atom is 0.416 e. The minimum atomic E-state index is -4.42. The van der Waals surface area contributed by atoms with E-state index in [1.54, 1.807) is 18.2 Å². The Bertz CT molecular complexity index is 727. The summed E-state index contributed by atoms with van der Waals surface area (Å²) in [4.78, 5) is 11.9. The Hall–Kier alpha value is -2.83. The zero-order valence-electron chi connectivity index (χ0n) is 12.1. The third kappa shape index (κ3) is 4.57. The third-order valence-electron chi connectivity index (χ3n) is 2.93. The summed E-state index contributed by atoms with van der Waals surface area (Å²) in [5.41, 5.74) is 2.03. The van der Waals surface area contributed by atoms with Gasteiger partial charge in [0.25, 0.3) is 5.91 Å². The zero-order chi connectivity index (χ0) is 16.9. The molecule has 2 rings (SSSR count). The number of benzene rings is 2. The van der Waals surface area contributed by atoms with Crippen LogP contribution in [0.25, 0.3) is 0 Å². The molecule has 4 nitrogen and oxygen atoms in total. The van der Waals surface area contributed by atoms with E-state index in [2.05, 4.69) is 10.5 Å². The molecule has 0 aliphatic rings. The van der Waals surface area contributed by atoms with Gasteiger partial charge in [-0.15, -0.1) is 0 Å². The fourth-order valence-corrected chi connectivity index (χ4v) is 1.79. The Morgan fingerprint density at radius 3 is 2.61 bits per heavy atom. The van der Waals surface area contributed by atoms with Gasteiger partial charge in [0.2, 0.25) is 0 Å². The number of hydrazone groups is 1. The molecular formula is C16H13F3N2O2. The molecule has 120 valence electrons. The van der Waals surface area contributed by atoms with Gasteiger partial charge in [-0.25, -0.2) is 5.43 Å². The first-order valence-corrected chi connectivity index (χ1v) is 6.55. The summed E-state index contributed by atoms with van der Waals surface area (Å²) in [5.74, 6) is 0.0200. The average Bonchev–Trinajstić information content (AvgIpc) is 2.54. The summed E-state index contributed by atoms with van der Waals surface area (Å²) in [5, 5.41) is 3.66. The van der Waals surface area contributed by atoms with Gasteiger partial charge in [0.15, 0.2) is 0 Å². The summed E-state index contributed by atoms with van der Waals surface area (Å²) in [6.07, 6.45) is -3.28. The summed E-state index contributed by atoms with van der Waals surface area (Å²) >= 11 is 0. The number of hydrogen-bond donors (Lipinski definition) is 1. The van der Waals surface area contributed by atoms with E-state index >= 15 is 0 Å². The number of alkyl halides is 3. The van der Waals surface area contributed by atoms with Gasteiger partial charge in [-0.2, -0.15) is 18.3 Å². The van der Waals surface area contributed by atoms with Crippen LogP contribution in [0.15, 0.2) is 53.6 Å². The fourth-order valence-electron chi connectivity index (χ4n) is 1.79. The van der Waals surface area contributed by atoms with Crippen molar-refractivity contribution < 1.29 is 22.7 Å². The normalized spacial score (nSPS) is 11.5. The van der Waals surface area contributed by atoms with Crippen LogP contribution < -0.4 is 10.2 Å². The first-order valence-electron chi connectivity index (χ1n) is 6.55. The molecule has 2 aromatic rings. The molecule has 0 saturated carbocycles. The van der Waals surface area contributed by atoms with Gasteiger partial charge >= 0.3 is 6.18 Å². The van der Waals surface area contributed by atoms with Gasteiger partial charge in [-0.1, -0.05) is 18.2 Å². The van der Waals surface area contributed by atoms with Crippen molar-refractivity contribution in [2.45, 2.75) is 6.18 Å². The van der Waals surface area contributed by atoms with Crippen LogP contribution in [-0.4, -0.2) is 19.2 Å². The monoisotopic (exact) mass is 322 g/mol. The maximum atomic E-state index is 12.6. The molecule has 0 aromatic heterocycles. The average molecular weight is 322 g/mol. The van der Waals surface area contributed by atoms with Gasteiger partial charge in [0, 0.05) is 5.56 Å². The molecule has 0 heterocycles. The van der Waals surface area contributed by atoms with Gasteiger partial charge in [-0.05, 0) is 35.9 Å². The van der Waals surface area contributed by atoms with E-state index in [4.69, 9.17) is 4.74 Å². The fraction of sp³-hybridized carbons (Fsp3) is 0.125. The molecule has 0 saturated heterocycles. The topological polar surface area (TPSA) is 50.7 Å². The van der Waals surface area contributed by atoms with Gasteiger partial charge in [0.1, 0.15) is 5.75 Å². The largest absolute Gasteiger partial charge is 0.497 e. The molecule has 0 fully saturated rings. The first kappa shape index (κ1) is 16.5. The molecule has 2 aromatic carbocycles. The molecular weight excluding hydrogens is 309 g/mol. The molecule has 0 aliphatic heterocycles. The Balaban J connectivity index is 2.05. The predicted octanol–water partition coefficient (Wildman–Crippen LogP) is 3.48. The van der Waals surface area contributed by atoms with Crippen molar-refractivity contribution in [3.63, 3.8) is 0 Å². The lowest BCUT2D eigenvalue weighted by atomic mass is 10.1. The SMILES string of the molecule is COc1cccc(C(=O)N/N=C/c2cccc(C(F)(F)F)c2)c1. The van der Waals surface area contributed by atoms with Crippen molar-refractivity contribution in [1.29, 1.82) is 0 Å². The van der Waals surface area contributed by atoms with Crippen molar-refractivity contribution in [2.24, 2.45) is 5.10 Å². The minimum absolute atomic E-state index is 0.228. The predicted molar refractivity (Wildman–Crippen MR) is 79.5 cm³/mol. The molecule has 0 aliphatic carbocycles. The Morgan fingerprint density at radius 1 is 1.17 bits per heavy atom. The van der Waals surface area contributed by atoms with E-state index in [1.807, 2.05) is 0 Å². The second-order valence-corrected chi connectivity index (χ2v) is 4.55. The van der Waals surface area contributed by atoms with Crippen LogP contribution in [0.4, 0.5) is 13.2 Å². The Kier molecular flexibility index (Phi) is 5.00. The Labute approximate surface area is 130 Å². The number of nitrogens with zero attached hydrogens (tertiary/aromatic N) is 1. The van der Waals surface area contributed by atoms with Gasteiger partial charge < -0.3 is 4.74 Å². The lowest BCUT2D eigenvalue weighted by Crippen LogP contribution is -2.17. The number of nitrogens with one attached hydrogen (secondary N) is 1. The summed E-state index contributed by atoms with van der Waals surface area (Å²) in [6.45, 7) is 0.